The zero-order chi connectivity index (χ0) is 28.2. The van der Waals surface area contributed by atoms with Crippen molar-refractivity contribution in [1.29, 1.82) is 0 Å². The summed E-state index contributed by atoms with van der Waals surface area (Å²) in [6.07, 6.45) is 3.38. The van der Waals surface area contributed by atoms with Gasteiger partial charge in [-0.1, -0.05) is 65.9 Å². The summed E-state index contributed by atoms with van der Waals surface area (Å²) in [7, 11) is 1.58. The van der Waals surface area contributed by atoms with E-state index in [1.54, 1.807) is 61.1 Å². The van der Waals surface area contributed by atoms with Gasteiger partial charge in [0.15, 0.2) is 4.80 Å². The molecule has 2 heterocycles. The fraction of sp³-hybridized carbons (Fsp3) is 0.129. The third-order valence-corrected chi connectivity index (χ3v) is 7.54. The molecule has 0 spiro atoms. The first-order valence-corrected chi connectivity index (χ1v) is 13.6. The summed E-state index contributed by atoms with van der Waals surface area (Å²) in [5, 5.41) is 3.46. The lowest BCUT2D eigenvalue weighted by molar-refractivity contribution is -0.113. The van der Waals surface area contributed by atoms with E-state index in [-0.39, 0.29) is 11.5 Å². The molecule has 0 fully saturated rings. The molecular weight excluding hydrogens is 546 g/mol. The van der Waals surface area contributed by atoms with Crippen LogP contribution in [0, 0.1) is 0 Å². The van der Waals surface area contributed by atoms with Crippen molar-refractivity contribution in [3.05, 3.63) is 133 Å². The topological polar surface area (TPSA) is 81.9 Å². The molecule has 0 saturated carbocycles. The normalized spacial score (nSPS) is 14.8. The first kappa shape index (κ1) is 27.2. The van der Waals surface area contributed by atoms with Gasteiger partial charge in [0.2, 0.25) is 0 Å². The van der Waals surface area contributed by atoms with Crippen LogP contribution in [0.4, 0.5) is 5.69 Å². The smallest absolute Gasteiger partial charge is 0.271 e. The van der Waals surface area contributed by atoms with Crippen molar-refractivity contribution in [3.8, 4) is 11.5 Å². The number of halogens is 1. The van der Waals surface area contributed by atoms with Crippen LogP contribution < -0.4 is 29.7 Å². The van der Waals surface area contributed by atoms with Crippen molar-refractivity contribution < 1.29 is 14.3 Å². The van der Waals surface area contributed by atoms with Crippen molar-refractivity contribution in [1.82, 2.24) is 4.57 Å². The van der Waals surface area contributed by atoms with Gasteiger partial charge in [-0.3, -0.25) is 14.2 Å². The number of hydrogen-bond donors (Lipinski definition) is 1. The number of anilines is 1. The monoisotopic (exact) mass is 571 g/mol. The number of carbonyl (C=O) groups excluding carboxylic acids is 1. The SMILES string of the molecule is C=CCOc1ccc(Cl)cc1/C=c1\sc2n(c1=O)[C@H](c1cccc(OC)c1)C(C(=O)Nc1ccccc1)=C(C)N=2. The summed E-state index contributed by atoms with van der Waals surface area (Å²) < 4.78 is 13.2. The number of para-hydroxylation sites is 1. The Balaban J connectivity index is 1.69. The number of carbonyl (C=O) groups is 1. The Morgan fingerprint density at radius 1 is 1.15 bits per heavy atom. The Hall–Kier alpha value is -4.40. The fourth-order valence-electron chi connectivity index (χ4n) is 4.51. The van der Waals surface area contributed by atoms with E-state index in [2.05, 4.69) is 11.9 Å². The summed E-state index contributed by atoms with van der Waals surface area (Å²) in [4.78, 5) is 32.9. The Morgan fingerprint density at radius 2 is 1.95 bits per heavy atom. The van der Waals surface area contributed by atoms with E-state index >= 15 is 0 Å². The number of fused-ring (bicyclic) bond motifs is 1. The molecular formula is C31H26ClN3O4S. The number of amides is 1. The minimum atomic E-state index is -0.729. The Bertz CT molecular complexity index is 1810. The molecule has 0 unspecified atom stereocenters. The van der Waals surface area contributed by atoms with Crippen LogP contribution in [-0.2, 0) is 4.79 Å². The van der Waals surface area contributed by atoms with Crippen molar-refractivity contribution in [3.63, 3.8) is 0 Å². The second-order valence-electron chi connectivity index (χ2n) is 8.96. The lowest BCUT2D eigenvalue weighted by Gasteiger charge is -2.25. The number of allylic oxidation sites excluding steroid dienone is 1. The van der Waals surface area contributed by atoms with E-state index in [9.17, 15) is 9.59 Å². The molecule has 0 bridgehead atoms. The first-order chi connectivity index (χ1) is 19.4. The second kappa shape index (κ2) is 11.8. The predicted molar refractivity (Wildman–Crippen MR) is 159 cm³/mol. The Kier molecular flexibility index (Phi) is 8.00. The van der Waals surface area contributed by atoms with Crippen LogP contribution in [0.1, 0.15) is 24.1 Å². The minimum Gasteiger partial charge on any atom is -0.497 e. The number of nitrogens with one attached hydrogen (secondary N) is 1. The number of aromatic nitrogens is 1. The number of thiazole rings is 1. The van der Waals surface area contributed by atoms with Gasteiger partial charge in [0.05, 0.1) is 29.0 Å². The zero-order valence-corrected chi connectivity index (χ0v) is 23.5. The van der Waals surface area contributed by atoms with Gasteiger partial charge in [-0.2, -0.15) is 0 Å². The third kappa shape index (κ3) is 5.50. The zero-order valence-electron chi connectivity index (χ0n) is 21.9. The Morgan fingerprint density at radius 3 is 2.70 bits per heavy atom. The number of methoxy groups -OCH3 is 1. The van der Waals surface area contributed by atoms with E-state index in [1.165, 1.54) is 11.3 Å². The van der Waals surface area contributed by atoms with E-state index in [0.29, 0.717) is 55.0 Å². The highest BCUT2D eigenvalue weighted by molar-refractivity contribution is 7.07. The van der Waals surface area contributed by atoms with Crippen molar-refractivity contribution in [2.45, 2.75) is 13.0 Å². The van der Waals surface area contributed by atoms with Crippen LogP contribution in [-0.4, -0.2) is 24.2 Å². The molecule has 1 amide bonds. The molecule has 7 nitrogen and oxygen atoms in total. The van der Waals surface area contributed by atoms with Gasteiger partial charge < -0.3 is 14.8 Å². The molecule has 202 valence electrons. The molecule has 1 aliphatic rings. The van der Waals surface area contributed by atoms with Crippen molar-refractivity contribution in [2.24, 2.45) is 4.99 Å². The number of benzene rings is 3. The number of rotatable bonds is 8. The molecule has 0 saturated heterocycles. The molecule has 1 aromatic heterocycles. The fourth-order valence-corrected chi connectivity index (χ4v) is 5.73. The standard InChI is InChI=1S/C31H26ClN3O4S/c1-4-15-39-25-14-13-22(32)16-21(25)18-26-30(37)35-28(20-9-8-12-24(17-20)38-3)27(19(2)33-31(35)40-26)29(36)34-23-10-6-5-7-11-23/h4-14,16-18,28H,1,15H2,2-3H3,(H,34,36)/b26-18-/t28-/m1/s1. The summed E-state index contributed by atoms with van der Waals surface area (Å²) in [5.74, 6) is 0.836. The third-order valence-electron chi connectivity index (χ3n) is 6.32. The summed E-state index contributed by atoms with van der Waals surface area (Å²) in [6.45, 7) is 5.78. The molecule has 4 aromatic rings. The van der Waals surface area contributed by atoms with Crippen LogP contribution in [0.5, 0.6) is 11.5 Å². The van der Waals surface area contributed by atoms with Gasteiger partial charge in [-0.25, -0.2) is 4.99 Å². The highest BCUT2D eigenvalue weighted by atomic mass is 35.5. The second-order valence-corrected chi connectivity index (χ2v) is 10.4. The van der Waals surface area contributed by atoms with E-state index in [0.717, 1.165) is 5.56 Å². The van der Waals surface area contributed by atoms with Crippen LogP contribution in [0.25, 0.3) is 6.08 Å². The number of hydrogen-bond acceptors (Lipinski definition) is 6. The summed E-state index contributed by atoms with van der Waals surface area (Å²) >= 11 is 7.51. The van der Waals surface area contributed by atoms with E-state index in [1.807, 2.05) is 42.5 Å². The predicted octanol–water partition coefficient (Wildman–Crippen LogP) is 5.10. The largest absolute Gasteiger partial charge is 0.497 e. The summed E-state index contributed by atoms with van der Waals surface area (Å²) in [5.41, 5.74) is 2.61. The maximum Gasteiger partial charge on any atom is 0.271 e. The van der Waals surface area contributed by atoms with Gasteiger partial charge in [0.1, 0.15) is 18.1 Å². The van der Waals surface area contributed by atoms with Gasteiger partial charge in [0, 0.05) is 16.3 Å². The van der Waals surface area contributed by atoms with Crippen molar-refractivity contribution in [2.75, 3.05) is 19.0 Å². The summed E-state index contributed by atoms with van der Waals surface area (Å²) in [6, 6.07) is 21.0. The Labute approximate surface area is 240 Å². The van der Waals surface area contributed by atoms with Crippen LogP contribution in [0.2, 0.25) is 5.02 Å². The lowest BCUT2D eigenvalue weighted by atomic mass is 9.95. The average Bonchev–Trinajstić information content (AvgIpc) is 3.26. The molecule has 0 aliphatic carbocycles. The molecule has 0 radical (unpaired) electrons. The number of nitrogens with zero attached hydrogens (tertiary/aromatic N) is 2. The van der Waals surface area contributed by atoms with Gasteiger partial charge in [0.25, 0.3) is 11.5 Å². The maximum atomic E-state index is 14.0. The lowest BCUT2D eigenvalue weighted by Crippen LogP contribution is -2.40. The molecule has 1 aliphatic heterocycles. The van der Waals surface area contributed by atoms with Crippen LogP contribution >= 0.6 is 22.9 Å². The van der Waals surface area contributed by atoms with Crippen molar-refractivity contribution >= 4 is 40.6 Å². The van der Waals surface area contributed by atoms with Crippen LogP contribution in [0.3, 0.4) is 0 Å². The van der Waals surface area contributed by atoms with Gasteiger partial charge in [-0.05, 0) is 61.0 Å². The van der Waals surface area contributed by atoms with Gasteiger partial charge in [-0.15, -0.1) is 0 Å². The molecule has 40 heavy (non-hydrogen) atoms. The molecule has 9 heteroatoms. The molecule has 1 atom stereocenters. The molecule has 3 aromatic carbocycles. The first-order valence-electron chi connectivity index (χ1n) is 12.5. The highest BCUT2D eigenvalue weighted by Gasteiger charge is 2.32. The van der Waals surface area contributed by atoms with Gasteiger partial charge >= 0.3 is 0 Å². The van der Waals surface area contributed by atoms with E-state index < -0.39 is 6.04 Å². The van der Waals surface area contributed by atoms with E-state index in [4.69, 9.17) is 26.1 Å². The molecule has 1 N–H and O–H groups in total. The molecule has 5 rings (SSSR count). The quantitative estimate of drug-likeness (QED) is 0.298. The van der Waals surface area contributed by atoms with Crippen LogP contribution in [0.15, 0.2) is 107 Å². The number of ether oxygens (including phenoxy) is 2. The maximum absolute atomic E-state index is 14.0. The average molecular weight is 572 g/mol. The highest BCUT2D eigenvalue weighted by Crippen LogP contribution is 2.32. The minimum absolute atomic E-state index is 0.288.